The number of aromatic nitrogens is 4. The first kappa shape index (κ1) is 25.2. The average molecular weight is 603 g/mol. The highest BCUT2D eigenvalue weighted by molar-refractivity contribution is 6.30. The molecule has 5 heteroatoms. The quantitative estimate of drug-likeness (QED) is 0.198. The number of fused-ring (bicyclic) bond motifs is 12. The van der Waals surface area contributed by atoms with Crippen molar-refractivity contribution >= 4 is 60.1 Å². The fourth-order valence-corrected chi connectivity index (χ4v) is 8.29. The van der Waals surface area contributed by atoms with E-state index in [2.05, 4.69) is 132 Å². The molecule has 6 aromatic carbocycles. The fraction of sp³-hybridized carbons (Fsp3) is 0.0714. The first-order valence-electron chi connectivity index (χ1n) is 16.0. The molecule has 0 radical (unpaired) electrons. The standard InChI is InChI=1S/C42H26N4O/c1-42(2)31-12-6-3-9-25(31)26-17-15-23(20-32(26)42)38-28-11-4-7-13-33(28)44-41(45-38)24-16-18-36-30(19-24)37-39-29(21-34-40(37)47-22-43-34)27-10-5-8-14-35(27)46(36)39/h3-22H,1-2H3. The van der Waals surface area contributed by atoms with Gasteiger partial charge in [0.2, 0.25) is 0 Å². The van der Waals surface area contributed by atoms with Gasteiger partial charge in [-0.3, -0.25) is 0 Å². The van der Waals surface area contributed by atoms with Crippen molar-refractivity contribution in [2.45, 2.75) is 19.3 Å². The Labute approximate surface area is 269 Å². The third-order valence-corrected chi connectivity index (χ3v) is 10.5. The molecule has 10 aromatic rings. The predicted octanol–water partition coefficient (Wildman–Crippen LogP) is 10.6. The van der Waals surface area contributed by atoms with Gasteiger partial charge in [-0.05, 0) is 64.7 Å². The van der Waals surface area contributed by atoms with Crippen LogP contribution in [0.2, 0.25) is 0 Å². The molecule has 0 spiro atoms. The van der Waals surface area contributed by atoms with Gasteiger partial charge in [-0.1, -0.05) is 86.6 Å². The number of oxazole rings is 1. The molecule has 0 aliphatic heterocycles. The molecule has 11 rings (SSSR count). The lowest BCUT2D eigenvalue weighted by Crippen LogP contribution is -2.14. The molecule has 0 saturated carbocycles. The Morgan fingerprint density at radius 1 is 0.596 bits per heavy atom. The summed E-state index contributed by atoms with van der Waals surface area (Å²) in [6.07, 6.45) is 1.55. The third-order valence-electron chi connectivity index (χ3n) is 10.5. The molecule has 1 aliphatic carbocycles. The van der Waals surface area contributed by atoms with Gasteiger partial charge in [0.1, 0.15) is 5.52 Å². The summed E-state index contributed by atoms with van der Waals surface area (Å²) in [7, 11) is 0. The highest BCUT2D eigenvalue weighted by atomic mass is 16.3. The summed E-state index contributed by atoms with van der Waals surface area (Å²) in [6, 6.07) is 41.2. The monoisotopic (exact) mass is 602 g/mol. The van der Waals surface area contributed by atoms with Crippen molar-refractivity contribution in [1.82, 2.24) is 19.4 Å². The van der Waals surface area contributed by atoms with Crippen LogP contribution >= 0.6 is 0 Å². The zero-order chi connectivity index (χ0) is 31.0. The molecule has 0 unspecified atom stereocenters. The van der Waals surface area contributed by atoms with E-state index in [0.29, 0.717) is 5.82 Å². The van der Waals surface area contributed by atoms with E-state index in [1.54, 1.807) is 6.39 Å². The van der Waals surface area contributed by atoms with Crippen LogP contribution in [0.4, 0.5) is 0 Å². The number of hydrogen-bond acceptors (Lipinski definition) is 4. The van der Waals surface area contributed by atoms with Gasteiger partial charge >= 0.3 is 0 Å². The van der Waals surface area contributed by atoms with Crippen LogP contribution in [0.15, 0.2) is 126 Å². The minimum Gasteiger partial charge on any atom is -0.443 e. The van der Waals surface area contributed by atoms with Crippen LogP contribution < -0.4 is 0 Å². The van der Waals surface area contributed by atoms with Crippen molar-refractivity contribution in [2.75, 3.05) is 0 Å². The van der Waals surface area contributed by atoms with E-state index in [9.17, 15) is 0 Å². The minimum absolute atomic E-state index is 0.0959. The van der Waals surface area contributed by atoms with Gasteiger partial charge in [0.25, 0.3) is 0 Å². The van der Waals surface area contributed by atoms with Gasteiger partial charge in [-0.15, -0.1) is 0 Å². The van der Waals surface area contributed by atoms with Crippen molar-refractivity contribution < 1.29 is 4.42 Å². The molecule has 4 heterocycles. The summed E-state index contributed by atoms with van der Waals surface area (Å²) >= 11 is 0. The van der Waals surface area contributed by atoms with Gasteiger partial charge in [0, 0.05) is 38.1 Å². The molecule has 5 nitrogen and oxygen atoms in total. The Kier molecular flexibility index (Phi) is 4.60. The van der Waals surface area contributed by atoms with Gasteiger partial charge < -0.3 is 8.82 Å². The van der Waals surface area contributed by atoms with Crippen molar-refractivity contribution in [3.05, 3.63) is 133 Å². The summed E-state index contributed by atoms with van der Waals surface area (Å²) in [6.45, 7) is 4.64. The van der Waals surface area contributed by atoms with Crippen molar-refractivity contribution in [1.29, 1.82) is 0 Å². The van der Waals surface area contributed by atoms with Crippen molar-refractivity contribution in [3.8, 4) is 33.8 Å². The Morgan fingerprint density at radius 2 is 1.36 bits per heavy atom. The van der Waals surface area contributed by atoms with E-state index in [4.69, 9.17) is 14.4 Å². The minimum atomic E-state index is -0.0959. The third kappa shape index (κ3) is 3.16. The molecule has 47 heavy (non-hydrogen) atoms. The van der Waals surface area contributed by atoms with E-state index in [1.807, 2.05) is 6.07 Å². The maximum Gasteiger partial charge on any atom is 0.182 e. The van der Waals surface area contributed by atoms with E-state index in [0.717, 1.165) is 60.6 Å². The SMILES string of the molecule is CC1(C)c2ccccc2-c2ccc(-c3nc(-c4ccc5c(c4)c4c6ocnc6cc6c7ccccc7n5c64)nc4ccccc34)cc21. The summed E-state index contributed by atoms with van der Waals surface area (Å²) < 4.78 is 8.39. The van der Waals surface area contributed by atoms with Crippen LogP contribution in [0.5, 0.6) is 0 Å². The second kappa shape index (κ2) is 8.59. The Hall–Kier alpha value is -6.07. The zero-order valence-corrected chi connectivity index (χ0v) is 25.7. The van der Waals surface area contributed by atoms with Crippen LogP contribution in [0.3, 0.4) is 0 Å². The largest absolute Gasteiger partial charge is 0.443 e. The predicted molar refractivity (Wildman–Crippen MR) is 190 cm³/mol. The van der Waals surface area contributed by atoms with Crippen molar-refractivity contribution in [2.24, 2.45) is 0 Å². The lowest BCUT2D eigenvalue weighted by Gasteiger charge is -2.22. The zero-order valence-electron chi connectivity index (χ0n) is 25.7. The first-order chi connectivity index (χ1) is 23.1. The Morgan fingerprint density at radius 3 is 2.30 bits per heavy atom. The number of nitrogens with zero attached hydrogens (tertiary/aromatic N) is 4. The maximum atomic E-state index is 6.04. The molecule has 1 aliphatic rings. The molecular formula is C42H26N4O. The van der Waals surface area contributed by atoms with Crippen LogP contribution in [0, 0.1) is 0 Å². The van der Waals surface area contributed by atoms with Gasteiger partial charge in [-0.2, -0.15) is 0 Å². The van der Waals surface area contributed by atoms with Crippen LogP contribution in [0.1, 0.15) is 25.0 Å². The van der Waals surface area contributed by atoms with E-state index in [-0.39, 0.29) is 5.41 Å². The topological polar surface area (TPSA) is 56.2 Å². The summed E-state index contributed by atoms with van der Waals surface area (Å²) in [5.41, 5.74) is 14.3. The highest BCUT2D eigenvalue weighted by Crippen LogP contribution is 2.50. The molecular weight excluding hydrogens is 576 g/mol. The molecule has 0 bridgehead atoms. The first-order valence-corrected chi connectivity index (χ1v) is 16.0. The second-order valence-electron chi connectivity index (χ2n) is 13.3. The molecule has 0 amide bonds. The normalized spacial score (nSPS) is 13.9. The van der Waals surface area contributed by atoms with Crippen LogP contribution in [0.25, 0.3) is 93.9 Å². The van der Waals surface area contributed by atoms with E-state index in [1.165, 1.54) is 38.5 Å². The van der Waals surface area contributed by atoms with Gasteiger partial charge in [-0.25, -0.2) is 15.0 Å². The fourth-order valence-electron chi connectivity index (χ4n) is 8.29. The smallest absolute Gasteiger partial charge is 0.182 e. The summed E-state index contributed by atoms with van der Waals surface area (Å²) in [5, 5.41) is 5.61. The molecule has 4 aromatic heterocycles. The molecule has 0 fully saturated rings. The molecule has 0 saturated heterocycles. The number of rotatable bonds is 2. The number of para-hydroxylation sites is 2. The molecule has 0 N–H and O–H groups in total. The molecule has 220 valence electrons. The van der Waals surface area contributed by atoms with E-state index >= 15 is 0 Å². The Balaban J connectivity index is 1.17. The number of hydrogen-bond donors (Lipinski definition) is 0. The molecule has 0 atom stereocenters. The number of benzene rings is 6. The van der Waals surface area contributed by atoms with Crippen molar-refractivity contribution in [3.63, 3.8) is 0 Å². The van der Waals surface area contributed by atoms with Crippen LogP contribution in [-0.2, 0) is 5.41 Å². The Bertz CT molecular complexity index is 2950. The lowest BCUT2D eigenvalue weighted by atomic mass is 9.82. The van der Waals surface area contributed by atoms with Gasteiger partial charge in [0.15, 0.2) is 17.8 Å². The van der Waals surface area contributed by atoms with Crippen LogP contribution in [-0.4, -0.2) is 19.4 Å². The average Bonchev–Trinajstić information content (AvgIpc) is 3.85. The maximum absolute atomic E-state index is 6.04. The second-order valence-corrected chi connectivity index (χ2v) is 13.3. The summed E-state index contributed by atoms with van der Waals surface area (Å²) in [5.74, 6) is 0.701. The highest BCUT2D eigenvalue weighted by Gasteiger charge is 2.35. The van der Waals surface area contributed by atoms with Gasteiger partial charge in [0.05, 0.1) is 33.1 Å². The van der Waals surface area contributed by atoms with E-state index < -0.39 is 0 Å². The summed E-state index contributed by atoms with van der Waals surface area (Å²) in [4.78, 5) is 15.0. The lowest BCUT2D eigenvalue weighted by molar-refractivity contribution is 0.605.